The third-order valence-corrected chi connectivity index (χ3v) is 6.87. The predicted molar refractivity (Wildman–Crippen MR) is 95.2 cm³/mol. The molecule has 132 valence electrons. The van der Waals surface area contributed by atoms with E-state index in [-0.39, 0.29) is 20.7 Å². The molecule has 0 spiro atoms. The minimum absolute atomic E-state index is 0.171. The van der Waals surface area contributed by atoms with Crippen molar-refractivity contribution in [3.8, 4) is 0 Å². The van der Waals surface area contributed by atoms with Gasteiger partial charge in [0.15, 0.2) is 9.84 Å². The molecule has 7 heteroatoms. The summed E-state index contributed by atoms with van der Waals surface area (Å²) in [5, 5.41) is 2.47. The number of rotatable bonds is 4. The van der Waals surface area contributed by atoms with Gasteiger partial charge in [-0.15, -0.1) is 0 Å². The second-order valence-corrected chi connectivity index (χ2v) is 8.72. The van der Waals surface area contributed by atoms with Crippen LogP contribution in [0.1, 0.15) is 36.0 Å². The summed E-state index contributed by atoms with van der Waals surface area (Å²) in [5.74, 6) is -1.33. The smallest absolute Gasteiger partial charge is 0.258 e. The first-order valence-electron chi connectivity index (χ1n) is 7.98. The van der Waals surface area contributed by atoms with Gasteiger partial charge in [-0.05, 0) is 55.3 Å². The maximum atomic E-state index is 13.7. The molecule has 0 bridgehead atoms. The molecule has 0 heterocycles. The second kappa shape index (κ2) is 7.14. The summed E-state index contributed by atoms with van der Waals surface area (Å²) < 4.78 is 38.8. The summed E-state index contributed by atoms with van der Waals surface area (Å²) in [6.07, 6.45) is 3.25. The van der Waals surface area contributed by atoms with Crippen LogP contribution < -0.4 is 5.32 Å². The number of amides is 1. The predicted octanol–water partition coefficient (Wildman–Crippen LogP) is 4.45. The molecule has 1 saturated carbocycles. The molecule has 1 fully saturated rings. The van der Waals surface area contributed by atoms with E-state index in [9.17, 15) is 17.6 Å². The maximum Gasteiger partial charge on any atom is 0.258 e. The molecule has 1 aliphatic rings. The van der Waals surface area contributed by atoms with Gasteiger partial charge in [-0.2, -0.15) is 0 Å². The van der Waals surface area contributed by atoms with Crippen molar-refractivity contribution in [3.05, 3.63) is 58.9 Å². The number of sulfone groups is 1. The van der Waals surface area contributed by atoms with Crippen LogP contribution in [0.4, 0.5) is 10.1 Å². The van der Waals surface area contributed by atoms with Crippen LogP contribution >= 0.6 is 11.6 Å². The van der Waals surface area contributed by atoms with Crippen molar-refractivity contribution < 1.29 is 17.6 Å². The van der Waals surface area contributed by atoms with Crippen molar-refractivity contribution in [2.75, 3.05) is 5.32 Å². The molecule has 4 nitrogen and oxygen atoms in total. The van der Waals surface area contributed by atoms with Crippen LogP contribution in [0.25, 0.3) is 0 Å². The minimum atomic E-state index is -3.34. The third-order valence-electron chi connectivity index (χ3n) is 4.35. The molecule has 25 heavy (non-hydrogen) atoms. The standard InChI is InChI=1S/C18H17ClFNO3S/c19-12-5-10-17(20)16(11-12)18(22)21-13-6-8-15(9-7-13)25(23,24)14-3-1-2-4-14/h5-11,14H,1-4H2,(H,21,22). The number of carbonyl (C=O) groups is 1. The topological polar surface area (TPSA) is 63.2 Å². The van der Waals surface area contributed by atoms with Crippen molar-refractivity contribution in [3.63, 3.8) is 0 Å². The van der Waals surface area contributed by atoms with Gasteiger partial charge in [-0.1, -0.05) is 24.4 Å². The molecule has 3 rings (SSSR count). The summed E-state index contributed by atoms with van der Waals surface area (Å²) in [6.45, 7) is 0. The molecule has 0 unspecified atom stereocenters. The molecule has 2 aromatic carbocycles. The van der Waals surface area contributed by atoms with E-state index in [1.807, 2.05) is 0 Å². The Labute approximate surface area is 150 Å². The summed E-state index contributed by atoms with van der Waals surface area (Å²) >= 11 is 5.78. The molecule has 1 amide bonds. The Balaban J connectivity index is 1.76. The molecule has 1 aliphatic carbocycles. The number of anilines is 1. The van der Waals surface area contributed by atoms with Gasteiger partial charge in [0.2, 0.25) is 0 Å². The van der Waals surface area contributed by atoms with Crippen LogP contribution in [0.3, 0.4) is 0 Å². The van der Waals surface area contributed by atoms with Crippen LogP contribution in [0, 0.1) is 5.82 Å². The SMILES string of the molecule is O=C(Nc1ccc(S(=O)(=O)C2CCCC2)cc1)c1cc(Cl)ccc1F. The number of benzene rings is 2. The van der Waals surface area contributed by atoms with E-state index in [1.165, 1.54) is 36.4 Å². The van der Waals surface area contributed by atoms with E-state index < -0.39 is 21.6 Å². The first-order chi connectivity index (χ1) is 11.9. The van der Waals surface area contributed by atoms with Crippen LogP contribution in [-0.2, 0) is 9.84 Å². The van der Waals surface area contributed by atoms with E-state index in [0.717, 1.165) is 18.9 Å². The highest BCUT2D eigenvalue weighted by molar-refractivity contribution is 7.92. The largest absolute Gasteiger partial charge is 0.322 e. The Morgan fingerprint density at radius 3 is 2.36 bits per heavy atom. The highest BCUT2D eigenvalue weighted by Crippen LogP contribution is 2.30. The van der Waals surface area contributed by atoms with Gasteiger partial charge in [0, 0.05) is 10.7 Å². The van der Waals surface area contributed by atoms with E-state index in [4.69, 9.17) is 11.6 Å². The van der Waals surface area contributed by atoms with E-state index in [1.54, 1.807) is 0 Å². The molecule has 0 aromatic heterocycles. The molecule has 1 N–H and O–H groups in total. The first-order valence-corrected chi connectivity index (χ1v) is 9.91. The second-order valence-electron chi connectivity index (χ2n) is 6.05. The monoisotopic (exact) mass is 381 g/mol. The average Bonchev–Trinajstić information content (AvgIpc) is 3.13. The van der Waals surface area contributed by atoms with Crippen LogP contribution in [0.15, 0.2) is 47.4 Å². The van der Waals surface area contributed by atoms with Crippen molar-refractivity contribution in [1.29, 1.82) is 0 Å². The molecular weight excluding hydrogens is 365 g/mol. The van der Waals surface area contributed by atoms with Gasteiger partial charge in [0.25, 0.3) is 5.91 Å². The Kier molecular flexibility index (Phi) is 5.11. The Hall–Kier alpha value is -1.92. The highest BCUT2D eigenvalue weighted by atomic mass is 35.5. The van der Waals surface area contributed by atoms with Crippen LogP contribution in [0.5, 0.6) is 0 Å². The molecule has 0 saturated heterocycles. The van der Waals surface area contributed by atoms with E-state index in [2.05, 4.69) is 5.32 Å². The van der Waals surface area contributed by atoms with Crippen LogP contribution in [0.2, 0.25) is 5.02 Å². The Bertz CT molecular complexity index is 891. The molecule has 0 atom stereocenters. The van der Waals surface area contributed by atoms with Crippen molar-refractivity contribution >= 4 is 33.0 Å². The zero-order valence-corrected chi connectivity index (χ0v) is 14.9. The maximum absolute atomic E-state index is 13.7. The van der Waals surface area contributed by atoms with E-state index >= 15 is 0 Å². The average molecular weight is 382 g/mol. The molecular formula is C18H17ClFNO3S. The van der Waals surface area contributed by atoms with Crippen molar-refractivity contribution in [2.24, 2.45) is 0 Å². The third kappa shape index (κ3) is 3.85. The summed E-state index contributed by atoms with van der Waals surface area (Å²) in [6, 6.07) is 9.66. The minimum Gasteiger partial charge on any atom is -0.322 e. The number of hydrogen-bond acceptors (Lipinski definition) is 3. The summed E-state index contributed by atoms with van der Waals surface area (Å²) in [4.78, 5) is 12.4. The number of halogens is 2. The normalized spacial score (nSPS) is 15.3. The van der Waals surface area contributed by atoms with Crippen LogP contribution in [-0.4, -0.2) is 19.6 Å². The zero-order chi connectivity index (χ0) is 18.0. The van der Waals surface area contributed by atoms with Gasteiger partial charge >= 0.3 is 0 Å². The highest BCUT2D eigenvalue weighted by Gasteiger charge is 2.30. The zero-order valence-electron chi connectivity index (χ0n) is 13.3. The fourth-order valence-electron chi connectivity index (χ4n) is 2.99. The lowest BCUT2D eigenvalue weighted by molar-refractivity contribution is 0.102. The lowest BCUT2D eigenvalue weighted by Gasteiger charge is -2.12. The number of hydrogen-bond donors (Lipinski definition) is 1. The molecule has 0 radical (unpaired) electrons. The van der Waals surface area contributed by atoms with Gasteiger partial charge in [-0.3, -0.25) is 4.79 Å². The summed E-state index contributed by atoms with van der Waals surface area (Å²) in [5.41, 5.74) is 0.213. The van der Waals surface area contributed by atoms with Gasteiger partial charge in [-0.25, -0.2) is 12.8 Å². The first kappa shape index (κ1) is 17.9. The quantitative estimate of drug-likeness (QED) is 0.851. The van der Waals surface area contributed by atoms with Crippen molar-refractivity contribution in [2.45, 2.75) is 35.8 Å². The van der Waals surface area contributed by atoms with E-state index in [0.29, 0.717) is 18.5 Å². The summed E-state index contributed by atoms with van der Waals surface area (Å²) in [7, 11) is -3.34. The van der Waals surface area contributed by atoms with Gasteiger partial charge < -0.3 is 5.32 Å². The van der Waals surface area contributed by atoms with Crippen molar-refractivity contribution in [1.82, 2.24) is 0 Å². The van der Waals surface area contributed by atoms with Gasteiger partial charge in [0.1, 0.15) is 5.82 Å². The fourth-order valence-corrected chi connectivity index (χ4v) is 5.02. The fraction of sp³-hybridized carbons (Fsp3) is 0.278. The number of carbonyl (C=O) groups excluding carboxylic acids is 1. The molecule has 0 aliphatic heterocycles. The molecule has 2 aromatic rings. The lowest BCUT2D eigenvalue weighted by Crippen LogP contribution is -2.18. The lowest BCUT2D eigenvalue weighted by atomic mass is 10.2. The number of nitrogens with one attached hydrogen (secondary N) is 1. The van der Waals surface area contributed by atoms with Gasteiger partial charge in [0.05, 0.1) is 15.7 Å². The Morgan fingerprint density at radius 1 is 1.08 bits per heavy atom. The Morgan fingerprint density at radius 2 is 1.72 bits per heavy atom.